The predicted molar refractivity (Wildman–Crippen MR) is 120 cm³/mol. The van der Waals surface area contributed by atoms with Gasteiger partial charge in [0.2, 0.25) is 0 Å². The summed E-state index contributed by atoms with van der Waals surface area (Å²) in [5.74, 6) is -0.671. The highest BCUT2D eigenvalue weighted by atomic mass is 16.6. The molecule has 2 aliphatic rings. The van der Waals surface area contributed by atoms with E-state index in [9.17, 15) is 9.59 Å². The van der Waals surface area contributed by atoms with Crippen molar-refractivity contribution in [3.8, 4) is 11.1 Å². The van der Waals surface area contributed by atoms with E-state index < -0.39 is 0 Å². The van der Waals surface area contributed by atoms with Crippen molar-refractivity contribution in [1.29, 1.82) is 0 Å². The van der Waals surface area contributed by atoms with E-state index >= 15 is 0 Å². The molecule has 0 N–H and O–H groups in total. The Morgan fingerprint density at radius 3 is 1.75 bits per heavy atom. The van der Waals surface area contributed by atoms with Crippen LogP contribution in [0.1, 0.15) is 47.4 Å². The minimum absolute atomic E-state index is 0.0346. The van der Waals surface area contributed by atoms with Crippen molar-refractivity contribution in [2.75, 3.05) is 39.6 Å². The number of rotatable bonds is 9. The summed E-state index contributed by atoms with van der Waals surface area (Å²) < 4.78 is 21.6. The molecule has 0 aliphatic carbocycles. The summed E-state index contributed by atoms with van der Waals surface area (Å²) >= 11 is 0. The average molecular weight is 439 g/mol. The Balaban J connectivity index is 1.37. The second-order valence-corrected chi connectivity index (χ2v) is 9.00. The van der Waals surface area contributed by atoms with Gasteiger partial charge in [-0.3, -0.25) is 0 Å². The van der Waals surface area contributed by atoms with Gasteiger partial charge < -0.3 is 18.9 Å². The van der Waals surface area contributed by atoms with Crippen molar-refractivity contribution in [1.82, 2.24) is 0 Å². The van der Waals surface area contributed by atoms with Crippen LogP contribution in [0.4, 0.5) is 0 Å². The van der Waals surface area contributed by atoms with Gasteiger partial charge >= 0.3 is 11.9 Å². The molecule has 6 heteroatoms. The lowest BCUT2D eigenvalue weighted by atomic mass is 9.84. The smallest absolute Gasteiger partial charge is 0.338 e. The van der Waals surface area contributed by atoms with Crippen LogP contribution in [0.3, 0.4) is 0 Å². The first kappa shape index (κ1) is 22.5. The normalized spacial score (nSPS) is 18.2. The van der Waals surface area contributed by atoms with Crippen molar-refractivity contribution < 1.29 is 28.5 Å². The number of hydrogen-bond donors (Lipinski definition) is 0. The lowest BCUT2D eigenvalue weighted by Crippen LogP contribution is -2.46. The zero-order valence-corrected chi connectivity index (χ0v) is 18.7. The van der Waals surface area contributed by atoms with Gasteiger partial charge in [0.05, 0.1) is 48.4 Å². The Hall–Kier alpha value is -2.70. The predicted octanol–water partition coefficient (Wildman–Crippen LogP) is 4.52. The standard InChI is InChI=1S/C26H30O6/c1-3-25(13-29-14-25)17-31-23(27)20-10-8-19(9-11-20)21-6-5-7-22(12-21)24(28)32-18-26(4-2)15-30-16-26/h5-12H,3-4,13-18H2,1-2H3. The molecule has 0 atom stereocenters. The van der Waals surface area contributed by atoms with Gasteiger partial charge in [0.1, 0.15) is 13.2 Å². The summed E-state index contributed by atoms with van der Waals surface area (Å²) in [4.78, 5) is 25.0. The fraction of sp³-hybridized carbons (Fsp3) is 0.462. The van der Waals surface area contributed by atoms with E-state index in [4.69, 9.17) is 18.9 Å². The molecule has 0 radical (unpaired) electrons. The van der Waals surface area contributed by atoms with Crippen LogP contribution >= 0.6 is 0 Å². The monoisotopic (exact) mass is 438 g/mol. The molecule has 32 heavy (non-hydrogen) atoms. The molecule has 0 aromatic heterocycles. The highest BCUT2D eigenvalue weighted by Gasteiger charge is 2.39. The van der Waals surface area contributed by atoms with Crippen molar-refractivity contribution in [3.63, 3.8) is 0 Å². The Bertz CT molecular complexity index is 946. The third-order valence-corrected chi connectivity index (χ3v) is 6.70. The van der Waals surface area contributed by atoms with Crippen molar-refractivity contribution in [2.24, 2.45) is 10.8 Å². The van der Waals surface area contributed by atoms with Gasteiger partial charge in [-0.05, 0) is 48.2 Å². The summed E-state index contributed by atoms with van der Waals surface area (Å²) in [5.41, 5.74) is 2.72. The third kappa shape index (κ3) is 4.71. The number of esters is 2. The first-order valence-electron chi connectivity index (χ1n) is 11.2. The molecular weight excluding hydrogens is 408 g/mol. The third-order valence-electron chi connectivity index (χ3n) is 6.70. The van der Waals surface area contributed by atoms with E-state index in [2.05, 4.69) is 13.8 Å². The van der Waals surface area contributed by atoms with E-state index in [0.29, 0.717) is 50.8 Å². The van der Waals surface area contributed by atoms with E-state index in [1.165, 1.54) is 0 Å². The maximum Gasteiger partial charge on any atom is 0.338 e. The van der Waals surface area contributed by atoms with Crippen LogP contribution in [0, 0.1) is 10.8 Å². The zero-order chi connectivity index (χ0) is 22.6. The van der Waals surface area contributed by atoms with Gasteiger partial charge in [-0.1, -0.05) is 38.1 Å². The molecule has 0 spiro atoms. The molecule has 170 valence electrons. The molecular formula is C26H30O6. The molecule has 2 aliphatic heterocycles. The summed E-state index contributed by atoms with van der Waals surface area (Å²) in [6.45, 7) is 7.47. The Morgan fingerprint density at radius 1 is 0.750 bits per heavy atom. The molecule has 2 aromatic rings. The zero-order valence-electron chi connectivity index (χ0n) is 18.7. The quantitative estimate of drug-likeness (QED) is 0.536. The largest absolute Gasteiger partial charge is 0.461 e. The fourth-order valence-corrected chi connectivity index (χ4v) is 3.79. The first-order valence-corrected chi connectivity index (χ1v) is 11.2. The second kappa shape index (κ2) is 9.43. The van der Waals surface area contributed by atoms with E-state index in [1.807, 2.05) is 30.3 Å². The Morgan fingerprint density at radius 2 is 1.28 bits per heavy atom. The minimum atomic E-state index is -0.336. The summed E-state index contributed by atoms with van der Waals surface area (Å²) in [6, 6.07) is 14.6. The summed E-state index contributed by atoms with van der Waals surface area (Å²) in [7, 11) is 0. The molecule has 0 saturated carbocycles. The van der Waals surface area contributed by atoms with Crippen molar-refractivity contribution in [2.45, 2.75) is 26.7 Å². The maximum absolute atomic E-state index is 12.5. The fourth-order valence-electron chi connectivity index (χ4n) is 3.79. The van der Waals surface area contributed by atoms with Crippen LogP contribution in [-0.2, 0) is 18.9 Å². The molecule has 2 aromatic carbocycles. The van der Waals surface area contributed by atoms with Gasteiger partial charge in [0.15, 0.2) is 0 Å². The number of carbonyl (C=O) groups is 2. The molecule has 2 heterocycles. The van der Waals surface area contributed by atoms with Gasteiger partial charge in [0, 0.05) is 0 Å². The topological polar surface area (TPSA) is 71.1 Å². The van der Waals surface area contributed by atoms with Gasteiger partial charge in [-0.15, -0.1) is 0 Å². The summed E-state index contributed by atoms with van der Waals surface area (Å²) in [5, 5.41) is 0. The first-order chi connectivity index (χ1) is 15.5. The van der Waals surface area contributed by atoms with E-state index in [1.54, 1.807) is 18.2 Å². The molecule has 2 fully saturated rings. The van der Waals surface area contributed by atoms with E-state index in [0.717, 1.165) is 24.0 Å². The Labute approximate surface area is 188 Å². The highest BCUT2D eigenvalue weighted by molar-refractivity contribution is 5.92. The SMILES string of the molecule is CCC1(COC(=O)c2ccc(-c3cccc(C(=O)OCC4(CC)COC4)c3)cc2)COC1. The maximum atomic E-state index is 12.5. The van der Waals surface area contributed by atoms with Gasteiger partial charge in [-0.2, -0.15) is 0 Å². The lowest BCUT2D eigenvalue weighted by Gasteiger charge is -2.39. The number of carbonyl (C=O) groups excluding carboxylic acids is 2. The van der Waals surface area contributed by atoms with Crippen molar-refractivity contribution in [3.05, 3.63) is 59.7 Å². The molecule has 0 bridgehead atoms. The minimum Gasteiger partial charge on any atom is -0.461 e. The molecule has 0 unspecified atom stereocenters. The summed E-state index contributed by atoms with van der Waals surface area (Å²) in [6.07, 6.45) is 1.84. The number of benzene rings is 2. The molecule has 0 amide bonds. The van der Waals surface area contributed by atoms with Crippen LogP contribution in [-0.4, -0.2) is 51.6 Å². The van der Waals surface area contributed by atoms with Gasteiger partial charge in [-0.25, -0.2) is 9.59 Å². The van der Waals surface area contributed by atoms with Gasteiger partial charge in [0.25, 0.3) is 0 Å². The lowest BCUT2D eigenvalue weighted by molar-refractivity contribution is -0.140. The van der Waals surface area contributed by atoms with Crippen LogP contribution in [0.25, 0.3) is 11.1 Å². The average Bonchev–Trinajstić information content (AvgIpc) is 2.78. The molecule has 6 nitrogen and oxygen atoms in total. The Kier molecular flexibility index (Phi) is 6.63. The van der Waals surface area contributed by atoms with Crippen LogP contribution in [0.5, 0.6) is 0 Å². The second-order valence-electron chi connectivity index (χ2n) is 9.00. The van der Waals surface area contributed by atoms with Crippen molar-refractivity contribution >= 4 is 11.9 Å². The molecule has 4 rings (SSSR count). The van der Waals surface area contributed by atoms with Crippen LogP contribution in [0.15, 0.2) is 48.5 Å². The number of ether oxygens (including phenoxy) is 4. The highest BCUT2D eigenvalue weighted by Crippen LogP contribution is 2.33. The molecule has 2 saturated heterocycles. The van der Waals surface area contributed by atoms with Crippen LogP contribution in [0.2, 0.25) is 0 Å². The van der Waals surface area contributed by atoms with E-state index in [-0.39, 0.29) is 22.8 Å². The van der Waals surface area contributed by atoms with Crippen LogP contribution < -0.4 is 0 Å². The number of hydrogen-bond acceptors (Lipinski definition) is 6.